The number of anilines is 1. The fourth-order valence-electron chi connectivity index (χ4n) is 4.68. The monoisotopic (exact) mass is 540 g/mol. The molecule has 2 aromatic carbocycles. The molecule has 1 amide bonds. The molecule has 0 bridgehead atoms. The summed E-state index contributed by atoms with van der Waals surface area (Å²) in [6.45, 7) is 2.37. The highest BCUT2D eigenvalue weighted by atomic mass is 32.1. The molecule has 5 rings (SSSR count). The van der Waals surface area contributed by atoms with Gasteiger partial charge in [0.15, 0.2) is 5.11 Å². The Balaban J connectivity index is 1.38. The van der Waals surface area contributed by atoms with Gasteiger partial charge in [-0.05, 0) is 73.2 Å². The molecule has 0 unspecified atom stereocenters. The van der Waals surface area contributed by atoms with Crippen LogP contribution in [-0.4, -0.2) is 40.5 Å². The summed E-state index contributed by atoms with van der Waals surface area (Å²) in [5, 5.41) is 6.87. The zero-order chi connectivity index (χ0) is 27.4. The number of hydrogen-bond acceptors (Lipinski definition) is 6. The second-order valence-corrected chi connectivity index (χ2v) is 9.65. The van der Waals surface area contributed by atoms with Gasteiger partial charge in [0.25, 0.3) is 0 Å². The maximum absolute atomic E-state index is 12.8. The van der Waals surface area contributed by atoms with Crippen LogP contribution in [0.15, 0.2) is 89.5 Å². The highest BCUT2D eigenvalue weighted by Gasteiger charge is 2.41. The summed E-state index contributed by atoms with van der Waals surface area (Å²) in [4.78, 5) is 31.1. The first kappa shape index (κ1) is 26.1. The van der Waals surface area contributed by atoms with Crippen LogP contribution in [0.2, 0.25) is 0 Å². The number of rotatable bonds is 8. The van der Waals surface area contributed by atoms with E-state index in [2.05, 4.69) is 15.6 Å². The molecule has 1 aliphatic heterocycles. The van der Waals surface area contributed by atoms with Crippen molar-refractivity contribution >= 4 is 34.9 Å². The lowest BCUT2D eigenvalue weighted by molar-refractivity contribution is -0.116. The van der Waals surface area contributed by atoms with E-state index >= 15 is 0 Å². The SMILES string of the molecule is COC(=O)c1ccc(-c2ccc([C@@H]3[C@@H](c4ccccn4)NC(=S)N3CCC(=O)Nc3cccc(C)c3)o2)cc1. The van der Waals surface area contributed by atoms with Crippen molar-refractivity contribution in [1.29, 1.82) is 0 Å². The van der Waals surface area contributed by atoms with E-state index in [0.29, 0.717) is 28.7 Å². The van der Waals surface area contributed by atoms with Crippen molar-refractivity contribution in [1.82, 2.24) is 15.2 Å². The molecule has 4 aromatic rings. The molecule has 0 saturated carbocycles. The number of hydrogen-bond donors (Lipinski definition) is 2. The molecule has 3 heterocycles. The molecule has 0 radical (unpaired) electrons. The first-order valence-electron chi connectivity index (χ1n) is 12.6. The van der Waals surface area contributed by atoms with Crippen molar-refractivity contribution < 1.29 is 18.7 Å². The molecule has 8 nitrogen and oxygen atoms in total. The van der Waals surface area contributed by atoms with Crippen molar-refractivity contribution in [2.24, 2.45) is 0 Å². The minimum absolute atomic E-state index is 0.103. The third-order valence-corrected chi connectivity index (χ3v) is 6.94. The van der Waals surface area contributed by atoms with Crippen LogP contribution in [-0.2, 0) is 9.53 Å². The van der Waals surface area contributed by atoms with Gasteiger partial charge >= 0.3 is 5.97 Å². The van der Waals surface area contributed by atoms with Crippen LogP contribution >= 0.6 is 12.2 Å². The number of nitrogens with one attached hydrogen (secondary N) is 2. The number of aromatic nitrogens is 1. The summed E-state index contributed by atoms with van der Waals surface area (Å²) >= 11 is 5.71. The number of thiocarbonyl (C=S) groups is 1. The molecule has 9 heteroatoms. The minimum Gasteiger partial charge on any atom is -0.465 e. The van der Waals surface area contributed by atoms with E-state index < -0.39 is 5.97 Å². The van der Waals surface area contributed by atoms with E-state index in [4.69, 9.17) is 21.4 Å². The van der Waals surface area contributed by atoms with Gasteiger partial charge in [-0.2, -0.15) is 0 Å². The normalized spacial score (nSPS) is 16.6. The Morgan fingerprint density at radius 2 is 1.90 bits per heavy atom. The number of esters is 1. The third kappa shape index (κ3) is 5.83. The van der Waals surface area contributed by atoms with Crippen molar-refractivity contribution in [3.63, 3.8) is 0 Å². The number of carbonyl (C=O) groups is 2. The second kappa shape index (κ2) is 11.5. The van der Waals surface area contributed by atoms with Crippen LogP contribution < -0.4 is 10.6 Å². The van der Waals surface area contributed by atoms with Gasteiger partial charge in [-0.25, -0.2) is 4.79 Å². The molecule has 1 fully saturated rings. The number of furan rings is 1. The van der Waals surface area contributed by atoms with Crippen LogP contribution in [0.3, 0.4) is 0 Å². The number of aryl methyl sites for hydroxylation is 1. The predicted molar refractivity (Wildman–Crippen MR) is 152 cm³/mol. The van der Waals surface area contributed by atoms with Crippen LogP contribution in [0.1, 0.15) is 45.9 Å². The molecule has 2 aromatic heterocycles. The maximum Gasteiger partial charge on any atom is 0.337 e. The number of pyridine rings is 1. The van der Waals surface area contributed by atoms with Gasteiger partial charge in [0.05, 0.1) is 24.4 Å². The standard InChI is InChI=1S/C30H28N4O4S/c1-19-6-5-7-22(18-19)32-26(35)15-17-34-28(27(33-30(34)39)23-8-3-4-16-31-23)25-14-13-24(38-25)20-9-11-21(12-10-20)29(36)37-2/h3-14,16,18,27-28H,15,17H2,1-2H3,(H,32,35)(H,33,39)/t27-,28-/m1/s1. The average Bonchev–Trinajstić information content (AvgIpc) is 3.56. The average molecular weight is 541 g/mol. The highest BCUT2D eigenvalue weighted by molar-refractivity contribution is 7.80. The molecular weight excluding hydrogens is 512 g/mol. The maximum atomic E-state index is 12.8. The Bertz CT molecular complexity index is 1490. The number of nitrogens with zero attached hydrogens (tertiary/aromatic N) is 2. The van der Waals surface area contributed by atoms with E-state index in [9.17, 15) is 9.59 Å². The Labute approximate surface area is 232 Å². The van der Waals surface area contributed by atoms with E-state index in [-0.39, 0.29) is 24.4 Å². The lowest BCUT2D eigenvalue weighted by Gasteiger charge is -2.25. The largest absolute Gasteiger partial charge is 0.465 e. The summed E-state index contributed by atoms with van der Waals surface area (Å²) in [7, 11) is 1.35. The topological polar surface area (TPSA) is 96.7 Å². The van der Waals surface area contributed by atoms with Gasteiger partial charge in [-0.3, -0.25) is 9.78 Å². The molecular formula is C30H28N4O4S. The molecule has 0 spiro atoms. The van der Waals surface area contributed by atoms with Crippen molar-refractivity contribution in [3.8, 4) is 11.3 Å². The number of benzene rings is 2. The molecule has 2 N–H and O–H groups in total. The van der Waals surface area contributed by atoms with E-state index in [1.807, 2.05) is 78.6 Å². The van der Waals surface area contributed by atoms with Crippen molar-refractivity contribution in [2.75, 3.05) is 19.0 Å². The minimum atomic E-state index is -0.396. The Morgan fingerprint density at radius 1 is 1.08 bits per heavy atom. The van der Waals surface area contributed by atoms with E-state index in [0.717, 1.165) is 22.5 Å². The summed E-state index contributed by atoms with van der Waals surface area (Å²) in [6.07, 6.45) is 1.98. The number of ether oxygens (including phenoxy) is 1. The van der Waals surface area contributed by atoms with Crippen LogP contribution in [0, 0.1) is 6.92 Å². The second-order valence-electron chi connectivity index (χ2n) is 9.26. The number of carbonyl (C=O) groups excluding carboxylic acids is 2. The zero-order valence-corrected chi connectivity index (χ0v) is 22.4. The summed E-state index contributed by atoms with van der Waals surface area (Å²) in [5.41, 5.74) is 3.94. The summed E-state index contributed by atoms with van der Waals surface area (Å²) in [6, 6.07) is 23.7. The molecule has 0 aliphatic carbocycles. The molecule has 198 valence electrons. The fraction of sp³-hybridized carbons (Fsp3) is 0.200. The van der Waals surface area contributed by atoms with Gasteiger partial charge in [-0.1, -0.05) is 30.3 Å². The lowest BCUT2D eigenvalue weighted by atomic mass is 10.0. The zero-order valence-electron chi connectivity index (χ0n) is 21.6. The molecule has 1 saturated heterocycles. The fourth-order valence-corrected chi connectivity index (χ4v) is 5.01. The molecule has 39 heavy (non-hydrogen) atoms. The van der Waals surface area contributed by atoms with Crippen LogP contribution in [0.5, 0.6) is 0 Å². The van der Waals surface area contributed by atoms with Gasteiger partial charge in [0, 0.05) is 30.4 Å². The Hall–Kier alpha value is -4.50. The third-order valence-electron chi connectivity index (χ3n) is 6.59. The van der Waals surface area contributed by atoms with Gasteiger partial charge in [-0.15, -0.1) is 0 Å². The Morgan fingerprint density at radius 3 is 2.62 bits per heavy atom. The molecule has 1 aliphatic rings. The number of amides is 1. The quantitative estimate of drug-likeness (QED) is 0.225. The van der Waals surface area contributed by atoms with Gasteiger partial charge in [0.2, 0.25) is 5.91 Å². The lowest BCUT2D eigenvalue weighted by Crippen LogP contribution is -2.32. The molecule has 2 atom stereocenters. The van der Waals surface area contributed by atoms with Gasteiger partial charge in [0.1, 0.15) is 17.6 Å². The van der Waals surface area contributed by atoms with Crippen LogP contribution in [0.4, 0.5) is 5.69 Å². The van der Waals surface area contributed by atoms with Crippen molar-refractivity contribution in [2.45, 2.75) is 25.4 Å². The first-order chi connectivity index (χ1) is 18.9. The van der Waals surface area contributed by atoms with Crippen LogP contribution in [0.25, 0.3) is 11.3 Å². The highest BCUT2D eigenvalue weighted by Crippen LogP contribution is 2.40. The Kier molecular flexibility index (Phi) is 7.69. The summed E-state index contributed by atoms with van der Waals surface area (Å²) < 4.78 is 11.1. The predicted octanol–water partition coefficient (Wildman–Crippen LogP) is 5.44. The van der Waals surface area contributed by atoms with E-state index in [1.165, 1.54) is 7.11 Å². The first-order valence-corrected chi connectivity index (χ1v) is 13.0. The smallest absolute Gasteiger partial charge is 0.337 e. The summed E-state index contributed by atoms with van der Waals surface area (Å²) in [5.74, 6) is 0.835. The number of methoxy groups -OCH3 is 1. The van der Waals surface area contributed by atoms with Crippen molar-refractivity contribution in [3.05, 3.63) is 108 Å². The van der Waals surface area contributed by atoms with E-state index in [1.54, 1.807) is 18.3 Å². The van der Waals surface area contributed by atoms with Gasteiger partial charge < -0.3 is 24.7 Å².